The van der Waals surface area contributed by atoms with Gasteiger partial charge in [0, 0.05) is 28.9 Å². The highest BCUT2D eigenvalue weighted by Gasteiger charge is 2.43. The van der Waals surface area contributed by atoms with Crippen molar-refractivity contribution in [1.82, 2.24) is 0 Å². The zero-order valence-corrected chi connectivity index (χ0v) is 18.9. The lowest BCUT2D eigenvalue weighted by Gasteiger charge is -2.43. The van der Waals surface area contributed by atoms with Crippen LogP contribution in [0.2, 0.25) is 0 Å². The van der Waals surface area contributed by atoms with E-state index in [1.165, 1.54) is 0 Å². The summed E-state index contributed by atoms with van der Waals surface area (Å²) in [6.07, 6.45) is -3.72. The van der Waals surface area contributed by atoms with E-state index in [0.717, 1.165) is 11.1 Å². The Hall–Kier alpha value is -1.80. The molecule has 1 unspecified atom stereocenters. The molecule has 0 bridgehead atoms. The number of aliphatic hydroxyl groups excluding tert-OH is 2. The van der Waals surface area contributed by atoms with Crippen molar-refractivity contribution in [1.29, 1.82) is 0 Å². The van der Waals surface area contributed by atoms with Gasteiger partial charge < -0.3 is 29.2 Å². The lowest BCUT2D eigenvalue weighted by molar-refractivity contribution is -0.282. The first-order chi connectivity index (χ1) is 15.5. The van der Waals surface area contributed by atoms with E-state index in [1.807, 2.05) is 81.4 Å². The number of ether oxygens (including phenoxy) is 4. The highest BCUT2D eigenvalue weighted by molar-refractivity contribution is 5.17. The summed E-state index contributed by atoms with van der Waals surface area (Å²) < 4.78 is 24.1. The first-order valence-corrected chi connectivity index (χ1v) is 11.5. The molecule has 2 aromatic rings. The smallest absolute Gasteiger partial charge is 0.184 e. The fourth-order valence-electron chi connectivity index (χ4n) is 4.50. The average molecular weight is 443 g/mol. The molecule has 9 atom stereocenters. The van der Waals surface area contributed by atoms with Crippen molar-refractivity contribution in [3.63, 3.8) is 0 Å². The second-order valence-electron chi connectivity index (χ2n) is 9.15. The van der Waals surface area contributed by atoms with E-state index in [1.54, 1.807) is 0 Å². The van der Waals surface area contributed by atoms with Gasteiger partial charge in [0.2, 0.25) is 0 Å². The summed E-state index contributed by atoms with van der Waals surface area (Å²) in [5.41, 5.74) is 1.83. The van der Waals surface area contributed by atoms with Gasteiger partial charge in [-0.05, 0) is 0 Å². The summed E-state index contributed by atoms with van der Waals surface area (Å²) >= 11 is 0. The highest BCUT2D eigenvalue weighted by Crippen LogP contribution is 2.36. The maximum atomic E-state index is 11.2. The summed E-state index contributed by atoms with van der Waals surface area (Å²) in [6.45, 7) is 6.79. The normalized spacial score (nSPS) is 33.9. The lowest BCUT2D eigenvalue weighted by Crippen LogP contribution is -2.52. The van der Waals surface area contributed by atoms with Crippen molar-refractivity contribution in [2.75, 3.05) is 13.2 Å². The maximum Gasteiger partial charge on any atom is 0.184 e. The van der Waals surface area contributed by atoms with E-state index in [0.29, 0.717) is 13.2 Å². The van der Waals surface area contributed by atoms with Crippen LogP contribution < -0.4 is 0 Å². The van der Waals surface area contributed by atoms with Crippen LogP contribution in [0.5, 0.6) is 0 Å². The molecular formula is C26H34O6. The number of benzene rings is 2. The Balaban J connectivity index is 1.44. The molecule has 2 heterocycles. The summed E-state index contributed by atoms with van der Waals surface area (Å²) in [6, 6.07) is 19.4. The number of aliphatic hydroxyl groups is 2. The van der Waals surface area contributed by atoms with Crippen LogP contribution in [0.1, 0.15) is 44.5 Å². The average Bonchev–Trinajstić information content (AvgIpc) is 2.84. The van der Waals surface area contributed by atoms with Crippen molar-refractivity contribution in [3.8, 4) is 0 Å². The predicted molar refractivity (Wildman–Crippen MR) is 120 cm³/mol. The standard InChI is InChI=1S/C26H34O6/c1-16-14-29-25(19-10-6-4-7-11-19)31-23(16)21(27)18(3)22(28)24-17(2)15-30-26(32-24)20-12-8-5-9-13-20/h4-13,16-18,21-28H,14-15H2,1-3H3/t16-,17+,18?,21+,22-,23-,24+,25-,26+. The van der Waals surface area contributed by atoms with E-state index in [4.69, 9.17) is 18.9 Å². The van der Waals surface area contributed by atoms with Crippen molar-refractivity contribution < 1.29 is 29.2 Å². The van der Waals surface area contributed by atoms with E-state index in [9.17, 15) is 10.2 Å². The summed E-state index contributed by atoms with van der Waals surface area (Å²) in [4.78, 5) is 0. The predicted octanol–water partition coefficient (Wildman–Crippen LogP) is 3.84. The monoisotopic (exact) mass is 442 g/mol. The zero-order chi connectivity index (χ0) is 22.7. The SMILES string of the molecule is CC([C@@H](O)[C@H]1O[C@@H](c2ccccc2)OC[C@@H]1C)[C@H](O)[C@@H]1O[C@H](c2ccccc2)OC[C@H]1C. The summed E-state index contributed by atoms with van der Waals surface area (Å²) in [5.74, 6) is -0.478. The molecular weight excluding hydrogens is 408 g/mol. The molecule has 2 N–H and O–H groups in total. The summed E-state index contributed by atoms with van der Waals surface area (Å²) in [5, 5.41) is 22.4. The van der Waals surface area contributed by atoms with Crippen LogP contribution in [-0.2, 0) is 18.9 Å². The molecule has 0 amide bonds. The van der Waals surface area contributed by atoms with E-state index in [2.05, 4.69) is 0 Å². The van der Waals surface area contributed by atoms with Crippen LogP contribution in [0.4, 0.5) is 0 Å². The van der Waals surface area contributed by atoms with E-state index < -0.39 is 42.9 Å². The topological polar surface area (TPSA) is 77.4 Å². The molecule has 0 aromatic heterocycles. The van der Waals surface area contributed by atoms with Gasteiger partial charge in [0.25, 0.3) is 0 Å². The molecule has 2 aliphatic heterocycles. The number of hydrogen-bond acceptors (Lipinski definition) is 6. The molecule has 6 heteroatoms. The van der Waals surface area contributed by atoms with Crippen LogP contribution in [0, 0.1) is 17.8 Å². The maximum absolute atomic E-state index is 11.2. The Morgan fingerprint density at radius 3 is 1.44 bits per heavy atom. The summed E-state index contributed by atoms with van der Waals surface area (Å²) in [7, 11) is 0. The van der Waals surface area contributed by atoms with Gasteiger partial charge in [-0.25, -0.2) is 0 Å². The molecule has 2 aromatic carbocycles. The minimum atomic E-state index is -0.871. The van der Waals surface area contributed by atoms with E-state index in [-0.39, 0.29) is 11.8 Å². The van der Waals surface area contributed by atoms with Gasteiger partial charge in [0.05, 0.1) is 37.6 Å². The third-order valence-electron chi connectivity index (χ3n) is 6.60. The molecule has 32 heavy (non-hydrogen) atoms. The van der Waals surface area contributed by atoms with Crippen molar-refractivity contribution in [2.45, 2.75) is 57.8 Å². The Morgan fingerprint density at radius 1 is 0.688 bits per heavy atom. The number of rotatable bonds is 6. The molecule has 4 rings (SSSR count). The van der Waals surface area contributed by atoms with E-state index >= 15 is 0 Å². The third-order valence-corrected chi connectivity index (χ3v) is 6.60. The minimum absolute atomic E-state index is 0.00953. The quantitative estimate of drug-likeness (QED) is 0.708. The van der Waals surface area contributed by atoms with Gasteiger partial charge in [0.1, 0.15) is 0 Å². The molecule has 2 aliphatic rings. The Labute approximate surface area is 190 Å². The van der Waals surface area contributed by atoms with Gasteiger partial charge >= 0.3 is 0 Å². The molecule has 0 radical (unpaired) electrons. The molecule has 174 valence electrons. The van der Waals surface area contributed by atoms with Gasteiger partial charge in [-0.3, -0.25) is 0 Å². The molecule has 0 spiro atoms. The van der Waals surface area contributed by atoms with Gasteiger partial charge in [0.15, 0.2) is 12.6 Å². The first-order valence-electron chi connectivity index (χ1n) is 11.5. The fourth-order valence-corrected chi connectivity index (χ4v) is 4.50. The van der Waals surface area contributed by atoms with Crippen LogP contribution in [0.25, 0.3) is 0 Å². The minimum Gasteiger partial charge on any atom is -0.390 e. The molecule has 0 aliphatic carbocycles. The Bertz CT molecular complexity index is 761. The van der Waals surface area contributed by atoms with Gasteiger partial charge in [-0.1, -0.05) is 81.4 Å². The zero-order valence-electron chi connectivity index (χ0n) is 18.9. The largest absolute Gasteiger partial charge is 0.390 e. The van der Waals surface area contributed by atoms with Crippen molar-refractivity contribution >= 4 is 0 Å². The Kier molecular flexibility index (Phi) is 7.61. The van der Waals surface area contributed by atoms with Crippen molar-refractivity contribution in [3.05, 3.63) is 71.8 Å². The van der Waals surface area contributed by atoms with Crippen LogP contribution in [-0.4, -0.2) is 47.8 Å². The molecule has 0 saturated carbocycles. The van der Waals surface area contributed by atoms with Gasteiger partial charge in [-0.2, -0.15) is 0 Å². The van der Waals surface area contributed by atoms with Crippen LogP contribution >= 0.6 is 0 Å². The first kappa shape index (κ1) is 23.4. The fraction of sp³-hybridized carbons (Fsp3) is 0.538. The molecule has 6 nitrogen and oxygen atoms in total. The Morgan fingerprint density at radius 2 is 1.06 bits per heavy atom. The highest BCUT2D eigenvalue weighted by atomic mass is 16.7. The second kappa shape index (κ2) is 10.4. The third kappa shape index (κ3) is 5.06. The van der Waals surface area contributed by atoms with Crippen LogP contribution in [0.15, 0.2) is 60.7 Å². The number of hydrogen-bond donors (Lipinski definition) is 2. The van der Waals surface area contributed by atoms with Gasteiger partial charge in [-0.15, -0.1) is 0 Å². The second-order valence-corrected chi connectivity index (χ2v) is 9.15. The van der Waals surface area contributed by atoms with Crippen molar-refractivity contribution in [2.24, 2.45) is 17.8 Å². The lowest BCUT2D eigenvalue weighted by atomic mass is 9.83. The molecule has 2 fully saturated rings. The molecule has 2 saturated heterocycles. The van der Waals surface area contributed by atoms with Crippen LogP contribution in [0.3, 0.4) is 0 Å².